The highest BCUT2D eigenvalue weighted by Crippen LogP contribution is 2.57. The van der Waals surface area contributed by atoms with Crippen LogP contribution in [-0.4, -0.2) is 24.8 Å². The highest BCUT2D eigenvalue weighted by Gasteiger charge is 2.60. The first-order chi connectivity index (χ1) is 7.27. The van der Waals surface area contributed by atoms with Gasteiger partial charge in [0, 0.05) is 12.0 Å². The second kappa shape index (κ2) is 3.21. The summed E-state index contributed by atoms with van der Waals surface area (Å²) in [4.78, 5) is 11.4. The number of carbonyl (C=O) groups excluding carboxylic acids is 1. The molecule has 3 rings (SSSR count). The van der Waals surface area contributed by atoms with Crippen molar-refractivity contribution in [2.45, 2.75) is 50.5 Å². The first kappa shape index (κ1) is 9.64. The van der Waals surface area contributed by atoms with Gasteiger partial charge in [0.05, 0.1) is 12.0 Å². The fourth-order valence-corrected chi connectivity index (χ4v) is 3.72. The first-order valence-electron chi connectivity index (χ1n) is 6.06. The maximum Gasteiger partial charge on any atom is 0.306 e. The van der Waals surface area contributed by atoms with Crippen molar-refractivity contribution in [3.63, 3.8) is 0 Å². The van der Waals surface area contributed by atoms with Gasteiger partial charge < -0.3 is 9.47 Å². The fourth-order valence-electron chi connectivity index (χ4n) is 3.72. The third-order valence-corrected chi connectivity index (χ3v) is 4.55. The molecule has 2 aliphatic heterocycles. The van der Waals surface area contributed by atoms with Crippen molar-refractivity contribution in [2.75, 3.05) is 13.2 Å². The van der Waals surface area contributed by atoms with Crippen LogP contribution >= 0.6 is 0 Å². The minimum atomic E-state index is -0.0227. The zero-order valence-corrected chi connectivity index (χ0v) is 9.09. The van der Waals surface area contributed by atoms with Crippen LogP contribution in [-0.2, 0) is 14.3 Å². The molecule has 2 saturated heterocycles. The van der Waals surface area contributed by atoms with Crippen LogP contribution in [0.25, 0.3) is 0 Å². The van der Waals surface area contributed by atoms with E-state index >= 15 is 0 Å². The molecule has 3 fully saturated rings. The van der Waals surface area contributed by atoms with Crippen LogP contribution in [0, 0.1) is 5.41 Å². The van der Waals surface area contributed by atoms with Crippen LogP contribution in [0.4, 0.5) is 0 Å². The number of hydrogen-bond donors (Lipinski definition) is 0. The maximum atomic E-state index is 11.4. The Labute approximate surface area is 90.1 Å². The molecule has 0 aromatic heterocycles. The lowest BCUT2D eigenvalue weighted by Gasteiger charge is -2.44. The largest absolute Gasteiger partial charge is 0.465 e. The molecule has 2 spiro atoms. The van der Waals surface area contributed by atoms with Gasteiger partial charge in [0.1, 0.15) is 6.61 Å². The topological polar surface area (TPSA) is 35.5 Å². The van der Waals surface area contributed by atoms with Crippen LogP contribution in [0.3, 0.4) is 0 Å². The molecule has 0 amide bonds. The fraction of sp³-hybridized carbons (Fsp3) is 0.917. The number of fused-ring (bicyclic) bond motifs is 1. The summed E-state index contributed by atoms with van der Waals surface area (Å²) >= 11 is 0. The van der Waals surface area contributed by atoms with E-state index in [9.17, 15) is 4.79 Å². The van der Waals surface area contributed by atoms with E-state index in [-0.39, 0.29) is 17.0 Å². The minimum absolute atomic E-state index is 0.0165. The summed E-state index contributed by atoms with van der Waals surface area (Å²) in [5, 5.41) is 0. The third-order valence-electron chi connectivity index (χ3n) is 4.55. The molecule has 15 heavy (non-hydrogen) atoms. The van der Waals surface area contributed by atoms with Crippen molar-refractivity contribution < 1.29 is 14.3 Å². The number of carbonyl (C=O) groups is 1. The molecular weight excluding hydrogens is 192 g/mol. The number of ether oxygens (including phenoxy) is 2. The van der Waals surface area contributed by atoms with E-state index in [1.165, 1.54) is 19.3 Å². The van der Waals surface area contributed by atoms with E-state index in [4.69, 9.17) is 9.47 Å². The molecule has 3 heteroatoms. The monoisotopic (exact) mass is 210 g/mol. The van der Waals surface area contributed by atoms with Gasteiger partial charge >= 0.3 is 5.97 Å². The SMILES string of the molecule is O=C1C[C@@]2(CCC[C@@]23CCCCO3)CO1. The van der Waals surface area contributed by atoms with Gasteiger partial charge in [-0.05, 0) is 38.5 Å². The van der Waals surface area contributed by atoms with Crippen molar-refractivity contribution in [3.05, 3.63) is 0 Å². The maximum absolute atomic E-state index is 11.4. The summed E-state index contributed by atoms with van der Waals surface area (Å²) in [6.45, 7) is 1.47. The molecule has 2 atom stereocenters. The number of esters is 1. The Morgan fingerprint density at radius 3 is 2.60 bits per heavy atom. The lowest BCUT2D eigenvalue weighted by molar-refractivity contribution is -0.144. The predicted molar refractivity (Wildman–Crippen MR) is 54.4 cm³/mol. The first-order valence-corrected chi connectivity index (χ1v) is 6.06. The quantitative estimate of drug-likeness (QED) is 0.574. The van der Waals surface area contributed by atoms with Crippen LogP contribution < -0.4 is 0 Å². The smallest absolute Gasteiger partial charge is 0.306 e. The summed E-state index contributed by atoms with van der Waals surface area (Å²) in [5.41, 5.74) is 0.0158. The molecule has 0 aromatic carbocycles. The number of rotatable bonds is 0. The Morgan fingerprint density at radius 2 is 1.93 bits per heavy atom. The zero-order valence-electron chi connectivity index (χ0n) is 9.09. The highest BCUT2D eigenvalue weighted by molar-refractivity contribution is 5.73. The molecule has 0 radical (unpaired) electrons. The molecular formula is C12H18O3. The van der Waals surface area contributed by atoms with Crippen molar-refractivity contribution >= 4 is 5.97 Å². The highest BCUT2D eigenvalue weighted by atomic mass is 16.5. The second-order valence-electron chi connectivity index (χ2n) is 5.27. The van der Waals surface area contributed by atoms with Crippen LogP contribution in [0.1, 0.15) is 44.9 Å². The Balaban J connectivity index is 1.90. The average Bonchev–Trinajstić information content (AvgIpc) is 2.76. The molecule has 0 unspecified atom stereocenters. The van der Waals surface area contributed by atoms with E-state index < -0.39 is 0 Å². The Kier molecular flexibility index (Phi) is 2.06. The van der Waals surface area contributed by atoms with Gasteiger partial charge in [-0.3, -0.25) is 4.79 Å². The van der Waals surface area contributed by atoms with Crippen LogP contribution in [0.2, 0.25) is 0 Å². The average molecular weight is 210 g/mol. The molecule has 2 heterocycles. The molecule has 0 N–H and O–H groups in total. The van der Waals surface area contributed by atoms with E-state index in [2.05, 4.69) is 0 Å². The van der Waals surface area contributed by atoms with Crippen molar-refractivity contribution in [3.8, 4) is 0 Å². The second-order valence-corrected chi connectivity index (χ2v) is 5.27. The lowest BCUT2D eigenvalue weighted by atomic mass is 9.70. The summed E-state index contributed by atoms with van der Waals surface area (Å²) in [5.74, 6) is -0.0227. The molecule has 3 aliphatic rings. The molecule has 84 valence electrons. The molecule has 1 saturated carbocycles. The standard InChI is InChI=1S/C12H18O3/c13-10-8-11(9-14-10)4-3-6-12(11)5-1-2-7-15-12/h1-9H2/t11-,12-/m0/s1. The van der Waals surface area contributed by atoms with E-state index in [1.54, 1.807) is 0 Å². The van der Waals surface area contributed by atoms with Gasteiger partial charge in [-0.2, -0.15) is 0 Å². The molecule has 0 aromatic rings. The van der Waals surface area contributed by atoms with E-state index in [0.717, 1.165) is 25.9 Å². The summed E-state index contributed by atoms with van der Waals surface area (Å²) in [6, 6.07) is 0. The third kappa shape index (κ3) is 1.25. The van der Waals surface area contributed by atoms with E-state index in [0.29, 0.717) is 13.0 Å². The van der Waals surface area contributed by atoms with Gasteiger partial charge in [0.25, 0.3) is 0 Å². The van der Waals surface area contributed by atoms with Crippen molar-refractivity contribution in [1.82, 2.24) is 0 Å². The lowest BCUT2D eigenvalue weighted by Crippen LogP contribution is -2.48. The van der Waals surface area contributed by atoms with Gasteiger partial charge in [-0.25, -0.2) is 0 Å². The predicted octanol–water partition coefficient (Wildman–Crippen LogP) is 2.04. The van der Waals surface area contributed by atoms with Crippen LogP contribution in [0.5, 0.6) is 0 Å². The van der Waals surface area contributed by atoms with Crippen molar-refractivity contribution in [2.24, 2.45) is 5.41 Å². The van der Waals surface area contributed by atoms with E-state index in [1.807, 2.05) is 0 Å². The number of cyclic esters (lactones) is 1. The normalized spacial score (nSPS) is 45.2. The Bertz CT molecular complexity index is 281. The van der Waals surface area contributed by atoms with Gasteiger partial charge in [-0.15, -0.1) is 0 Å². The van der Waals surface area contributed by atoms with Crippen LogP contribution in [0.15, 0.2) is 0 Å². The van der Waals surface area contributed by atoms with Gasteiger partial charge in [0.15, 0.2) is 0 Å². The van der Waals surface area contributed by atoms with Gasteiger partial charge in [0.2, 0.25) is 0 Å². The van der Waals surface area contributed by atoms with Crippen molar-refractivity contribution in [1.29, 1.82) is 0 Å². The van der Waals surface area contributed by atoms with Gasteiger partial charge in [-0.1, -0.05) is 0 Å². The molecule has 3 nitrogen and oxygen atoms in total. The zero-order chi connectivity index (χ0) is 10.4. The molecule has 1 aliphatic carbocycles. The Morgan fingerprint density at radius 1 is 1.07 bits per heavy atom. The number of hydrogen-bond acceptors (Lipinski definition) is 3. The summed E-state index contributed by atoms with van der Waals surface area (Å²) in [6.07, 6.45) is 7.57. The summed E-state index contributed by atoms with van der Waals surface area (Å²) < 4.78 is 11.3. The Hall–Kier alpha value is -0.570. The summed E-state index contributed by atoms with van der Waals surface area (Å²) in [7, 11) is 0. The minimum Gasteiger partial charge on any atom is -0.465 e. The molecule has 0 bridgehead atoms.